The van der Waals surface area contributed by atoms with E-state index < -0.39 is 35.8 Å². The van der Waals surface area contributed by atoms with E-state index in [9.17, 15) is 38.4 Å². The van der Waals surface area contributed by atoms with Gasteiger partial charge in [-0.05, 0) is 60.4 Å². The van der Waals surface area contributed by atoms with Gasteiger partial charge < -0.3 is 51.3 Å². The zero-order valence-electron chi connectivity index (χ0n) is 35.3. The Bertz CT molecular complexity index is 2250. The number of nitrogens with zero attached hydrogens (tertiary/aromatic N) is 6. The third-order valence-electron chi connectivity index (χ3n) is 8.61. The maximum Gasteiger partial charge on any atom is 0.328 e. The van der Waals surface area contributed by atoms with Crippen molar-refractivity contribution in [1.29, 1.82) is 0 Å². The smallest absolute Gasteiger partial charge is 0.328 e. The lowest BCUT2D eigenvalue weighted by atomic mass is 10.0. The molecule has 0 radical (unpaired) electrons. The number of anilines is 2. The topological polar surface area (TPSA) is 392 Å². The maximum absolute atomic E-state index is 12.6. The molecule has 4 heterocycles. The number of carboxylic acids is 6. The highest BCUT2D eigenvalue weighted by Crippen LogP contribution is 2.23. The second-order valence-electron chi connectivity index (χ2n) is 13.3. The van der Waals surface area contributed by atoms with Gasteiger partial charge in [0.05, 0.1) is 11.4 Å². The molecule has 0 unspecified atom stereocenters. The first-order valence-corrected chi connectivity index (χ1v) is 19.0. The molecule has 24 heteroatoms. The van der Waals surface area contributed by atoms with Crippen LogP contribution in [-0.4, -0.2) is 122 Å². The first kappa shape index (κ1) is 53.2. The van der Waals surface area contributed by atoms with Crippen molar-refractivity contribution in [3.05, 3.63) is 142 Å². The number of carbonyl (C=O) groups is 8. The van der Waals surface area contributed by atoms with Crippen LogP contribution in [0.15, 0.2) is 97.1 Å². The lowest BCUT2D eigenvalue weighted by Crippen LogP contribution is -2.37. The highest BCUT2D eigenvalue weighted by molar-refractivity contribution is 5.96. The number of hydrazine groups is 2. The third-order valence-corrected chi connectivity index (χ3v) is 8.61. The molecule has 0 fully saturated rings. The Kier molecular flexibility index (Phi) is 22.0. The number of carboxylic acid groups (broad SMARTS) is 6. The van der Waals surface area contributed by atoms with Crippen molar-refractivity contribution in [2.24, 2.45) is 11.7 Å². The molecule has 0 bridgehead atoms. The van der Waals surface area contributed by atoms with Crippen LogP contribution in [-0.2, 0) is 54.7 Å². The quantitative estimate of drug-likeness (QED) is 0.0614. The molecule has 2 aromatic heterocycles. The maximum atomic E-state index is 12.6. The summed E-state index contributed by atoms with van der Waals surface area (Å²) in [6, 6.07) is 19.0. The van der Waals surface area contributed by atoms with Gasteiger partial charge in [0, 0.05) is 86.6 Å². The minimum atomic E-state index is -1.26. The summed E-state index contributed by atoms with van der Waals surface area (Å²) >= 11 is 0. The zero-order valence-corrected chi connectivity index (χ0v) is 35.3. The molecule has 2 aromatic carbocycles. The number of nitrogen functional groups attached to an aromatic ring is 2. The Morgan fingerprint density at radius 1 is 0.500 bits per heavy atom. The number of nitrogens with one attached hydrogen (secondary N) is 2. The van der Waals surface area contributed by atoms with Gasteiger partial charge in [0.1, 0.15) is 0 Å². The van der Waals surface area contributed by atoms with Crippen molar-refractivity contribution in [3.8, 4) is 0 Å². The summed E-state index contributed by atoms with van der Waals surface area (Å²) < 4.78 is 0. The Labute approximate surface area is 375 Å². The molecule has 2 amide bonds. The fourth-order valence-electron chi connectivity index (χ4n) is 5.54. The van der Waals surface area contributed by atoms with Crippen LogP contribution in [0.4, 0.5) is 11.6 Å². The zero-order chi connectivity index (χ0) is 49.3. The van der Waals surface area contributed by atoms with Crippen molar-refractivity contribution >= 4 is 59.3 Å². The normalized spacial score (nSPS) is 12.2. The summed E-state index contributed by atoms with van der Waals surface area (Å²) in [5.41, 5.74) is 12.3. The molecule has 4 aromatic rings. The van der Waals surface area contributed by atoms with Gasteiger partial charge in [0.15, 0.2) is 11.6 Å². The van der Waals surface area contributed by atoms with Crippen LogP contribution in [0, 0.1) is 13.8 Å². The molecule has 66 heavy (non-hydrogen) atoms. The Morgan fingerprint density at radius 2 is 0.788 bits per heavy atom. The SMILES string of the molecule is Cc1ccccc1C(=O)N1CCc2nnc(NN)cc2C1.Cc1ccccc1C(=O)N1CCc2nnc(NN)cc2C1.O=C(O)/C=C/C(=O)O.O=C(O)/C=C/C(=O)O.O=C(O)/C=C/C(=O)O. The monoisotopic (exact) mass is 914 g/mol. The van der Waals surface area contributed by atoms with Crippen LogP contribution in [0.5, 0.6) is 0 Å². The Morgan fingerprint density at radius 3 is 1.05 bits per heavy atom. The predicted molar refractivity (Wildman–Crippen MR) is 232 cm³/mol. The summed E-state index contributed by atoms with van der Waals surface area (Å²) in [5.74, 6) is 4.30. The van der Waals surface area contributed by atoms with Crippen LogP contribution in [0.2, 0.25) is 0 Å². The Hall–Kier alpha value is -8.90. The molecule has 0 aliphatic carbocycles. The largest absolute Gasteiger partial charge is 0.478 e. The van der Waals surface area contributed by atoms with Crippen LogP contribution >= 0.6 is 0 Å². The molecule has 2 aliphatic heterocycles. The number of amides is 2. The average Bonchev–Trinajstić information content (AvgIpc) is 3.29. The lowest BCUT2D eigenvalue weighted by Gasteiger charge is -2.28. The molecule has 12 N–H and O–H groups in total. The van der Waals surface area contributed by atoms with Gasteiger partial charge >= 0.3 is 35.8 Å². The van der Waals surface area contributed by atoms with Crippen molar-refractivity contribution in [3.63, 3.8) is 0 Å². The number of fused-ring (bicyclic) bond motifs is 2. The summed E-state index contributed by atoms with van der Waals surface area (Å²) in [6.45, 7) is 6.29. The van der Waals surface area contributed by atoms with Gasteiger partial charge in [0.25, 0.3) is 11.8 Å². The molecule has 6 rings (SSSR count). The highest BCUT2D eigenvalue weighted by Gasteiger charge is 2.25. The highest BCUT2D eigenvalue weighted by atomic mass is 16.4. The van der Waals surface area contributed by atoms with Crippen LogP contribution in [0.3, 0.4) is 0 Å². The van der Waals surface area contributed by atoms with E-state index >= 15 is 0 Å². The minimum absolute atomic E-state index is 0.0535. The van der Waals surface area contributed by atoms with Crippen molar-refractivity contribution in [2.75, 3.05) is 23.9 Å². The molecular weight excluding hydrogens is 869 g/mol. The predicted octanol–water partition coefficient (Wildman–Crippen LogP) is 1.67. The molecule has 348 valence electrons. The second-order valence-corrected chi connectivity index (χ2v) is 13.3. The fourth-order valence-corrected chi connectivity index (χ4v) is 5.54. The second kappa shape index (κ2) is 27.2. The third kappa shape index (κ3) is 19.0. The summed E-state index contributed by atoms with van der Waals surface area (Å²) in [7, 11) is 0. The summed E-state index contributed by atoms with van der Waals surface area (Å²) in [4.78, 5) is 86.3. The van der Waals surface area contributed by atoms with Gasteiger partial charge in [-0.25, -0.2) is 40.5 Å². The number of carbonyl (C=O) groups excluding carboxylic acids is 2. The lowest BCUT2D eigenvalue weighted by molar-refractivity contribution is -0.134. The van der Waals surface area contributed by atoms with Gasteiger partial charge in [-0.3, -0.25) is 9.59 Å². The molecule has 0 atom stereocenters. The van der Waals surface area contributed by atoms with E-state index in [1.807, 2.05) is 84.3 Å². The van der Waals surface area contributed by atoms with E-state index in [1.54, 1.807) is 0 Å². The van der Waals surface area contributed by atoms with Gasteiger partial charge in [-0.2, -0.15) is 10.2 Å². The number of hydrogen-bond donors (Lipinski definition) is 10. The first-order chi connectivity index (χ1) is 31.2. The number of aliphatic carboxylic acids is 6. The van der Waals surface area contributed by atoms with Crippen molar-refractivity contribution in [1.82, 2.24) is 30.2 Å². The summed E-state index contributed by atoms with van der Waals surface area (Å²) in [6.07, 6.45) is 4.77. The minimum Gasteiger partial charge on any atom is -0.478 e. The fraction of sp³-hybridized carbons (Fsp3) is 0.190. The number of hydrogen-bond acceptors (Lipinski definition) is 16. The van der Waals surface area contributed by atoms with E-state index in [0.717, 1.165) is 44.8 Å². The van der Waals surface area contributed by atoms with E-state index in [0.29, 0.717) is 87.1 Å². The standard InChI is InChI=1S/2C15H17N5O.3C4H4O4/c2*1-10-4-2-3-5-12(10)15(21)20-7-6-13-11(9-20)8-14(17-16)19-18-13;3*5-3(6)1-2-4(7)8/h2*2-5,8H,6-7,9,16H2,1H3,(H,17,19);3*1-2H,(H,5,6)(H,7,8)/b;;3*2-1+. The van der Waals surface area contributed by atoms with E-state index in [-0.39, 0.29) is 11.8 Å². The van der Waals surface area contributed by atoms with Gasteiger partial charge in [-0.1, -0.05) is 36.4 Å². The number of benzene rings is 2. The van der Waals surface area contributed by atoms with Crippen LogP contribution < -0.4 is 22.5 Å². The Balaban J connectivity index is 0.000000309. The van der Waals surface area contributed by atoms with E-state index in [1.165, 1.54) is 0 Å². The van der Waals surface area contributed by atoms with Gasteiger partial charge in [0.2, 0.25) is 0 Å². The van der Waals surface area contributed by atoms with Crippen LogP contribution in [0.25, 0.3) is 0 Å². The number of nitrogens with two attached hydrogens (primary N) is 2. The molecule has 24 nitrogen and oxygen atoms in total. The van der Waals surface area contributed by atoms with Crippen molar-refractivity contribution < 1.29 is 69.0 Å². The number of aryl methyl sites for hydroxylation is 2. The summed E-state index contributed by atoms with van der Waals surface area (Å²) in [5, 5.41) is 63.1. The van der Waals surface area contributed by atoms with Crippen molar-refractivity contribution in [2.45, 2.75) is 39.8 Å². The molecule has 0 saturated carbocycles. The number of aromatic nitrogens is 4. The molecule has 0 saturated heterocycles. The first-order valence-electron chi connectivity index (χ1n) is 19.0. The molecule has 2 aliphatic rings. The average molecular weight is 915 g/mol. The van der Waals surface area contributed by atoms with E-state index in [2.05, 4.69) is 31.2 Å². The van der Waals surface area contributed by atoms with E-state index in [4.69, 9.17) is 42.3 Å². The molecular formula is C42H46N10O14. The number of rotatable bonds is 10. The molecule has 0 spiro atoms. The van der Waals surface area contributed by atoms with Crippen LogP contribution in [0.1, 0.15) is 54.4 Å². The van der Waals surface area contributed by atoms with Gasteiger partial charge in [-0.15, -0.1) is 10.2 Å².